The Morgan fingerprint density at radius 3 is 1.81 bits per heavy atom. The van der Waals surface area contributed by atoms with Crippen molar-refractivity contribution in [2.45, 2.75) is 74.7 Å². The summed E-state index contributed by atoms with van der Waals surface area (Å²) in [6, 6.07) is 35.1. The summed E-state index contributed by atoms with van der Waals surface area (Å²) in [5, 5.41) is 1.55. The Kier molecular flexibility index (Phi) is 13.5. The molecule has 0 aromatic heterocycles. The zero-order chi connectivity index (χ0) is 36.1. The summed E-state index contributed by atoms with van der Waals surface area (Å²) in [7, 11) is 0. The first kappa shape index (κ1) is 42.7. The number of benzene rings is 3. The van der Waals surface area contributed by atoms with E-state index in [2.05, 4.69) is 116 Å². The molecule has 1 saturated carbocycles. The van der Waals surface area contributed by atoms with E-state index in [0.29, 0.717) is 5.92 Å². The van der Waals surface area contributed by atoms with Crippen LogP contribution >= 0.6 is 23.2 Å². The molecule has 0 nitrogen and oxygen atoms in total. The average Bonchev–Trinajstić information content (AvgIpc) is 3.81. The van der Waals surface area contributed by atoms with Crippen molar-refractivity contribution in [1.82, 2.24) is 0 Å². The number of halogens is 4. The molecule has 0 aliphatic heterocycles. The second kappa shape index (κ2) is 16.4. The fourth-order valence-corrected chi connectivity index (χ4v) is 10.7. The third kappa shape index (κ3) is 7.12. The predicted octanol–water partition coefficient (Wildman–Crippen LogP) is 7.49. The molecule has 52 heavy (non-hydrogen) atoms. The van der Waals surface area contributed by atoms with Crippen LogP contribution in [0.4, 0.5) is 0 Å². The summed E-state index contributed by atoms with van der Waals surface area (Å²) >= 11 is 12.7. The van der Waals surface area contributed by atoms with Crippen LogP contribution in [0.1, 0.15) is 90.5 Å². The first-order valence-corrected chi connectivity index (χ1v) is 20.5. The minimum absolute atomic E-state index is 0. The van der Waals surface area contributed by atoms with E-state index in [1.165, 1.54) is 38.4 Å². The molecule has 2 atom stereocenters. The Hall–Kier alpha value is -2.00. The van der Waals surface area contributed by atoms with Crippen LogP contribution in [-0.4, -0.2) is 3.26 Å². The van der Waals surface area contributed by atoms with Gasteiger partial charge in [-0.3, -0.25) is 0 Å². The molecule has 4 aromatic carbocycles. The maximum Gasteiger partial charge on any atom is -0.172 e. The largest absolute Gasteiger partial charge is 1.00 e. The Bertz CT molecular complexity index is 1890. The van der Waals surface area contributed by atoms with Crippen molar-refractivity contribution in [3.05, 3.63) is 170 Å². The maximum absolute atomic E-state index is 5.87. The van der Waals surface area contributed by atoms with Crippen molar-refractivity contribution in [1.29, 1.82) is 0 Å². The number of hydrogen-bond acceptors (Lipinski definition) is 0. The smallest absolute Gasteiger partial charge is 0.172 e. The summed E-state index contributed by atoms with van der Waals surface area (Å²) in [4.78, 5) is 0. The minimum atomic E-state index is 0. The van der Waals surface area contributed by atoms with Crippen LogP contribution < -0.4 is 24.8 Å². The molecule has 8 rings (SSSR count). The molecular weight excluding hydrogens is 885 g/mol. The predicted molar refractivity (Wildman–Crippen MR) is 212 cm³/mol. The van der Waals surface area contributed by atoms with Gasteiger partial charge in [-0.05, 0) is 40.6 Å². The van der Waals surface area contributed by atoms with Crippen LogP contribution in [0.3, 0.4) is 0 Å². The molecule has 5 heteroatoms. The molecule has 1 fully saturated rings. The van der Waals surface area contributed by atoms with E-state index >= 15 is 0 Å². The van der Waals surface area contributed by atoms with Crippen LogP contribution in [0.2, 0.25) is 10.0 Å². The number of fused-ring (bicyclic) bond motifs is 6. The molecule has 0 bridgehead atoms. The summed E-state index contributed by atoms with van der Waals surface area (Å²) in [6.07, 6.45) is 8.50. The molecule has 4 aromatic rings. The Morgan fingerprint density at radius 1 is 0.750 bits per heavy atom. The van der Waals surface area contributed by atoms with Gasteiger partial charge in [-0.1, -0.05) is 113 Å². The van der Waals surface area contributed by atoms with Crippen molar-refractivity contribution in [2.75, 3.05) is 0 Å². The fourth-order valence-electron chi connectivity index (χ4n) is 9.29. The summed E-state index contributed by atoms with van der Waals surface area (Å²) in [5.41, 5.74) is 12.8. The van der Waals surface area contributed by atoms with E-state index in [4.69, 9.17) is 23.2 Å². The third-order valence-corrected chi connectivity index (χ3v) is 16.2. The van der Waals surface area contributed by atoms with E-state index in [9.17, 15) is 0 Å². The molecule has 4 aliphatic carbocycles. The van der Waals surface area contributed by atoms with Crippen molar-refractivity contribution in [3.63, 3.8) is 0 Å². The van der Waals surface area contributed by atoms with E-state index in [1.54, 1.807) is 28.2 Å². The van der Waals surface area contributed by atoms with Crippen LogP contribution in [-0.2, 0) is 30.3 Å². The zero-order valence-corrected chi connectivity index (χ0v) is 38.3. The van der Waals surface area contributed by atoms with E-state index in [-0.39, 0.29) is 46.5 Å². The topological polar surface area (TPSA) is 0 Å². The Balaban J connectivity index is 0.000000221. The van der Waals surface area contributed by atoms with Gasteiger partial charge in [-0.25, -0.2) is 18.1 Å². The summed E-state index contributed by atoms with van der Waals surface area (Å²) < 4.78 is 1.35. The Labute approximate surface area is 350 Å². The number of allylic oxidation sites excluding steroid dienone is 6. The van der Waals surface area contributed by atoms with Crippen molar-refractivity contribution >= 4 is 32.0 Å². The standard InChI is InChI=1S/C29H37.C13H8Cl2.C5H5.2ClH.Hf/c1-18-25-22-17-19-13-9-10-14-20(19)24(22)21-15-11-12-16-23(21)29(25,8)28(6,7)27(4,5)26(18,2)3;14-12-5-1-10(2-6-12)9-11-3-7-13(15)8-4-11;1-2-4-5-3-1;;;/h9-11,13-15,23H,12,16-17H2,1-8H3;1-8H;1-5H;2*1H;/q-1;;-1;;;+2/p-2. The molecule has 4 aliphatic rings. The first-order valence-electron chi connectivity index (χ1n) is 18.0. The van der Waals surface area contributed by atoms with E-state index < -0.39 is 0 Å². The molecule has 0 N–H and O–H groups in total. The quantitative estimate of drug-likeness (QED) is 0.145. The van der Waals surface area contributed by atoms with Crippen molar-refractivity contribution in [3.8, 4) is 0 Å². The average molecular weight is 935 g/mol. The first-order chi connectivity index (χ1) is 23.6. The van der Waals surface area contributed by atoms with Gasteiger partial charge < -0.3 is 24.8 Å². The van der Waals surface area contributed by atoms with Crippen molar-refractivity contribution < 1.29 is 48.7 Å². The van der Waals surface area contributed by atoms with Gasteiger partial charge in [0, 0.05) is 0 Å². The van der Waals surface area contributed by atoms with Gasteiger partial charge in [-0.15, -0.1) is 6.92 Å². The van der Waals surface area contributed by atoms with Gasteiger partial charge >= 0.3 is 120 Å². The zero-order valence-electron chi connectivity index (χ0n) is 31.7. The van der Waals surface area contributed by atoms with E-state index in [0.717, 1.165) is 40.4 Å². The molecule has 2 unspecified atom stereocenters. The maximum atomic E-state index is 5.87. The Morgan fingerprint density at radius 2 is 1.29 bits per heavy atom. The van der Waals surface area contributed by atoms with Crippen molar-refractivity contribution in [2.24, 2.45) is 27.6 Å². The summed E-state index contributed by atoms with van der Waals surface area (Å²) in [6.45, 7) is 20.3. The van der Waals surface area contributed by atoms with Crippen LogP contribution in [0, 0.1) is 33.5 Å². The van der Waals surface area contributed by atoms with Gasteiger partial charge in [0.15, 0.2) is 0 Å². The van der Waals surface area contributed by atoms with Gasteiger partial charge in [0.25, 0.3) is 0 Å². The normalized spacial score (nSPS) is 22.5. The second-order valence-electron chi connectivity index (χ2n) is 16.1. The monoisotopic (exact) mass is 934 g/mol. The third-order valence-electron chi connectivity index (χ3n) is 13.6. The van der Waals surface area contributed by atoms with Gasteiger partial charge in [0.2, 0.25) is 0 Å². The fraction of sp³-hybridized carbons (Fsp3) is 0.340. The van der Waals surface area contributed by atoms with Gasteiger partial charge in [-0.2, -0.15) is 29.3 Å². The molecule has 0 spiro atoms. The van der Waals surface area contributed by atoms with Gasteiger partial charge in [0.05, 0.1) is 0 Å². The number of hydrogen-bond donors (Lipinski definition) is 0. The van der Waals surface area contributed by atoms with Crippen LogP contribution in [0.25, 0.3) is 5.57 Å². The molecular formula is C47H50Cl4Hf-2. The second-order valence-corrected chi connectivity index (χ2v) is 18.8. The number of rotatable bonds is 2. The molecule has 0 saturated heterocycles. The van der Waals surface area contributed by atoms with Crippen LogP contribution in [0.15, 0.2) is 132 Å². The molecule has 0 radical (unpaired) electrons. The molecule has 0 heterocycles. The molecule has 0 amide bonds. The van der Waals surface area contributed by atoms with Crippen LogP contribution in [0.5, 0.6) is 0 Å². The SMILES string of the molecule is C[C-]1C2=C3Cc4ccccc4C3=C3C=CCCC3C2(C)C(C)(C)C(C)(C)C1(C)C.Clc1ccc([C](=[Hf+2])c2ccc(Cl)cc2)cc1.[Cl-].[Cl-].c1cc[cH-]c1. The summed E-state index contributed by atoms with van der Waals surface area (Å²) in [5.74, 6) is 2.24. The molecule has 272 valence electrons. The van der Waals surface area contributed by atoms with Gasteiger partial charge in [0.1, 0.15) is 0 Å². The van der Waals surface area contributed by atoms with E-state index in [1.807, 2.05) is 54.6 Å². The minimum Gasteiger partial charge on any atom is -1.00 e.